The van der Waals surface area contributed by atoms with Gasteiger partial charge in [-0.3, -0.25) is 9.89 Å². The molecule has 0 saturated heterocycles. The van der Waals surface area contributed by atoms with Crippen molar-refractivity contribution in [3.63, 3.8) is 0 Å². The maximum Gasteiger partial charge on any atom is 0.244 e. The summed E-state index contributed by atoms with van der Waals surface area (Å²) < 4.78 is 0. The van der Waals surface area contributed by atoms with Crippen molar-refractivity contribution in [1.82, 2.24) is 15.5 Å². The predicted octanol–water partition coefficient (Wildman–Crippen LogP) is 2.05. The van der Waals surface area contributed by atoms with Gasteiger partial charge in [-0.05, 0) is 18.6 Å². The van der Waals surface area contributed by atoms with E-state index >= 15 is 0 Å². The zero-order valence-electron chi connectivity index (χ0n) is 10.2. The summed E-state index contributed by atoms with van der Waals surface area (Å²) in [4.78, 5) is 11.5. The fraction of sp³-hybridized carbons (Fsp3) is 0.143. The molecule has 18 heavy (non-hydrogen) atoms. The van der Waals surface area contributed by atoms with Crippen LogP contribution in [0.1, 0.15) is 16.7 Å². The molecule has 1 aromatic carbocycles. The second-order valence-corrected chi connectivity index (χ2v) is 4.07. The van der Waals surface area contributed by atoms with E-state index in [9.17, 15) is 4.79 Å². The number of H-pyrrole nitrogens is 1. The van der Waals surface area contributed by atoms with E-state index < -0.39 is 0 Å². The van der Waals surface area contributed by atoms with Crippen molar-refractivity contribution < 1.29 is 4.79 Å². The van der Waals surface area contributed by atoms with E-state index in [4.69, 9.17) is 0 Å². The zero-order valence-corrected chi connectivity index (χ0v) is 10.2. The molecule has 1 amide bonds. The van der Waals surface area contributed by atoms with Gasteiger partial charge in [0, 0.05) is 24.4 Å². The van der Waals surface area contributed by atoms with Crippen LogP contribution in [0.15, 0.2) is 42.7 Å². The fourth-order valence-corrected chi connectivity index (χ4v) is 1.47. The minimum Gasteiger partial charge on any atom is -0.348 e. The van der Waals surface area contributed by atoms with Crippen LogP contribution in [0, 0.1) is 6.92 Å². The van der Waals surface area contributed by atoms with Crippen molar-refractivity contribution >= 4 is 12.0 Å². The first-order chi connectivity index (χ1) is 8.74. The van der Waals surface area contributed by atoms with Gasteiger partial charge in [0.25, 0.3) is 0 Å². The van der Waals surface area contributed by atoms with Crippen LogP contribution in [0.25, 0.3) is 6.08 Å². The summed E-state index contributed by atoms with van der Waals surface area (Å²) in [7, 11) is 0. The molecule has 0 radical (unpaired) electrons. The number of nitrogens with one attached hydrogen (secondary N) is 2. The molecule has 1 heterocycles. The van der Waals surface area contributed by atoms with E-state index in [0.29, 0.717) is 6.54 Å². The van der Waals surface area contributed by atoms with E-state index in [1.807, 2.05) is 31.2 Å². The molecule has 2 N–H and O–H groups in total. The highest BCUT2D eigenvalue weighted by Crippen LogP contribution is 2.04. The van der Waals surface area contributed by atoms with Gasteiger partial charge in [-0.2, -0.15) is 5.10 Å². The Morgan fingerprint density at radius 3 is 2.83 bits per heavy atom. The Hall–Kier alpha value is -2.36. The van der Waals surface area contributed by atoms with E-state index in [-0.39, 0.29) is 5.91 Å². The molecule has 0 aliphatic carbocycles. The lowest BCUT2D eigenvalue weighted by molar-refractivity contribution is -0.116. The largest absolute Gasteiger partial charge is 0.348 e. The third kappa shape index (κ3) is 3.59. The van der Waals surface area contributed by atoms with Crippen LogP contribution >= 0.6 is 0 Å². The molecular weight excluding hydrogens is 226 g/mol. The van der Waals surface area contributed by atoms with Gasteiger partial charge in [0.15, 0.2) is 0 Å². The Morgan fingerprint density at radius 1 is 1.39 bits per heavy atom. The van der Waals surface area contributed by atoms with Crippen molar-refractivity contribution in [2.24, 2.45) is 0 Å². The van der Waals surface area contributed by atoms with E-state index in [2.05, 4.69) is 15.5 Å². The topological polar surface area (TPSA) is 57.8 Å². The first kappa shape index (κ1) is 12.1. The monoisotopic (exact) mass is 241 g/mol. The fourth-order valence-electron chi connectivity index (χ4n) is 1.47. The van der Waals surface area contributed by atoms with Crippen molar-refractivity contribution in [2.45, 2.75) is 13.5 Å². The minimum atomic E-state index is -0.114. The Balaban J connectivity index is 1.85. The van der Waals surface area contributed by atoms with Gasteiger partial charge < -0.3 is 5.32 Å². The number of aromatic nitrogens is 2. The molecule has 92 valence electrons. The van der Waals surface area contributed by atoms with Crippen LogP contribution in [-0.4, -0.2) is 16.1 Å². The lowest BCUT2D eigenvalue weighted by Crippen LogP contribution is -2.19. The third-order valence-electron chi connectivity index (χ3n) is 2.53. The second-order valence-electron chi connectivity index (χ2n) is 4.07. The molecule has 2 rings (SSSR count). The lowest BCUT2D eigenvalue weighted by Gasteiger charge is -1.99. The molecule has 0 aliphatic heterocycles. The maximum atomic E-state index is 11.5. The Labute approximate surface area is 106 Å². The number of aromatic amines is 1. The summed E-state index contributed by atoms with van der Waals surface area (Å²) in [6.45, 7) is 2.51. The van der Waals surface area contributed by atoms with Gasteiger partial charge in [0.2, 0.25) is 5.91 Å². The second kappa shape index (κ2) is 5.82. The molecule has 0 saturated carbocycles. The molecule has 0 fully saturated rings. The third-order valence-corrected chi connectivity index (χ3v) is 2.53. The van der Waals surface area contributed by atoms with Gasteiger partial charge >= 0.3 is 0 Å². The van der Waals surface area contributed by atoms with Gasteiger partial charge in [-0.1, -0.05) is 29.8 Å². The molecular formula is C14H15N3O. The van der Waals surface area contributed by atoms with Crippen LogP contribution in [0.5, 0.6) is 0 Å². The molecule has 4 heteroatoms. The van der Waals surface area contributed by atoms with Crippen LogP contribution in [0.2, 0.25) is 0 Å². The quantitative estimate of drug-likeness (QED) is 0.805. The highest BCUT2D eigenvalue weighted by atomic mass is 16.1. The molecule has 0 atom stereocenters. The zero-order chi connectivity index (χ0) is 12.8. The van der Waals surface area contributed by atoms with Gasteiger partial charge in [-0.25, -0.2) is 0 Å². The number of amides is 1. The lowest BCUT2D eigenvalue weighted by atomic mass is 10.1. The van der Waals surface area contributed by atoms with E-state index in [1.165, 1.54) is 11.6 Å². The average molecular weight is 241 g/mol. The highest BCUT2D eigenvalue weighted by Gasteiger charge is 1.97. The molecule has 0 spiro atoms. The number of benzene rings is 1. The van der Waals surface area contributed by atoms with Crippen LogP contribution in [0.4, 0.5) is 0 Å². The SMILES string of the molecule is Cc1ccc(/C=C/C(=O)NCc2cn[nH]c2)cc1. The number of carbonyl (C=O) groups excluding carboxylic acids is 1. The Morgan fingerprint density at radius 2 is 2.17 bits per heavy atom. The van der Waals surface area contributed by atoms with Crippen LogP contribution in [0.3, 0.4) is 0 Å². The summed E-state index contributed by atoms with van der Waals surface area (Å²) in [5.74, 6) is -0.114. The van der Waals surface area contributed by atoms with Crippen molar-refractivity contribution in [3.05, 3.63) is 59.4 Å². The number of aryl methyl sites for hydroxylation is 1. The molecule has 0 bridgehead atoms. The number of rotatable bonds is 4. The first-order valence-corrected chi connectivity index (χ1v) is 5.74. The number of carbonyl (C=O) groups is 1. The Kier molecular flexibility index (Phi) is 3.91. The molecule has 2 aromatic rings. The van der Waals surface area contributed by atoms with Crippen molar-refractivity contribution in [2.75, 3.05) is 0 Å². The maximum absolute atomic E-state index is 11.5. The van der Waals surface area contributed by atoms with Crippen molar-refractivity contribution in [1.29, 1.82) is 0 Å². The minimum absolute atomic E-state index is 0.114. The van der Waals surface area contributed by atoms with Gasteiger partial charge in [0.1, 0.15) is 0 Å². The number of hydrogen-bond donors (Lipinski definition) is 2. The van der Waals surface area contributed by atoms with Crippen LogP contribution < -0.4 is 5.32 Å². The first-order valence-electron chi connectivity index (χ1n) is 5.74. The highest BCUT2D eigenvalue weighted by molar-refractivity contribution is 5.91. The van der Waals surface area contributed by atoms with Crippen molar-refractivity contribution in [3.8, 4) is 0 Å². The summed E-state index contributed by atoms with van der Waals surface area (Å²) in [5.41, 5.74) is 3.17. The van der Waals surface area contributed by atoms with Crippen LogP contribution in [-0.2, 0) is 11.3 Å². The Bertz CT molecular complexity index is 527. The molecule has 4 nitrogen and oxygen atoms in total. The summed E-state index contributed by atoms with van der Waals surface area (Å²) >= 11 is 0. The normalized spacial score (nSPS) is 10.7. The summed E-state index contributed by atoms with van der Waals surface area (Å²) in [5, 5.41) is 9.29. The molecule has 0 unspecified atom stereocenters. The standard InChI is InChI=1S/C14H15N3O/c1-11-2-4-12(5-3-11)6-7-14(18)15-8-13-9-16-17-10-13/h2-7,9-10H,8H2,1H3,(H,15,18)(H,16,17)/b7-6+. The molecule has 0 aliphatic rings. The number of nitrogens with zero attached hydrogens (tertiary/aromatic N) is 1. The van der Waals surface area contributed by atoms with Gasteiger partial charge in [-0.15, -0.1) is 0 Å². The summed E-state index contributed by atoms with van der Waals surface area (Å²) in [6.07, 6.45) is 6.77. The summed E-state index contributed by atoms with van der Waals surface area (Å²) in [6, 6.07) is 8.00. The van der Waals surface area contributed by atoms with E-state index in [1.54, 1.807) is 18.5 Å². The average Bonchev–Trinajstić information content (AvgIpc) is 2.89. The number of hydrogen-bond acceptors (Lipinski definition) is 2. The molecule has 1 aromatic heterocycles. The smallest absolute Gasteiger partial charge is 0.244 e. The van der Waals surface area contributed by atoms with Gasteiger partial charge in [0.05, 0.1) is 6.20 Å². The van der Waals surface area contributed by atoms with E-state index in [0.717, 1.165) is 11.1 Å². The predicted molar refractivity (Wildman–Crippen MR) is 70.6 cm³/mol.